The van der Waals surface area contributed by atoms with Gasteiger partial charge in [0.15, 0.2) is 0 Å². The van der Waals surface area contributed by atoms with Crippen molar-refractivity contribution in [3.8, 4) is 17.0 Å². The number of piperazine rings is 1. The minimum Gasteiger partial charge on any atom is -0.495 e. The second kappa shape index (κ2) is 10.1. The third-order valence-electron chi connectivity index (χ3n) is 7.11. The van der Waals surface area contributed by atoms with Crippen LogP contribution in [0.15, 0.2) is 48.9 Å². The monoisotopic (exact) mass is 519 g/mol. The number of hydrogen-bond donors (Lipinski definition) is 0. The van der Waals surface area contributed by atoms with Gasteiger partial charge in [0, 0.05) is 75.2 Å². The van der Waals surface area contributed by atoms with E-state index >= 15 is 0 Å². The van der Waals surface area contributed by atoms with Crippen LogP contribution in [-0.4, -0.2) is 78.9 Å². The van der Waals surface area contributed by atoms with Gasteiger partial charge in [-0.15, -0.1) is 0 Å². The van der Waals surface area contributed by atoms with E-state index in [1.54, 1.807) is 7.11 Å². The van der Waals surface area contributed by atoms with Crippen LogP contribution in [-0.2, 0) is 4.74 Å². The molecule has 2 aliphatic rings. The summed E-state index contributed by atoms with van der Waals surface area (Å²) in [5, 5.41) is 0.582. The molecule has 2 fully saturated rings. The Morgan fingerprint density at radius 3 is 2.49 bits per heavy atom. The Morgan fingerprint density at radius 2 is 1.70 bits per heavy atom. The summed E-state index contributed by atoms with van der Waals surface area (Å²) in [5.74, 6) is 2.45. The smallest absolute Gasteiger partial charge is 0.227 e. The maximum absolute atomic E-state index is 6.39. The van der Waals surface area contributed by atoms with Crippen LogP contribution >= 0.6 is 11.6 Å². The lowest BCUT2D eigenvalue weighted by Gasteiger charge is -2.36. The standard InChI is InChI=1S/C27H30ClN7O2/c1-19-15-24(36-2)22(28)17-21(19)23-18-35-6-4-20(16-26(35)30-23)32-7-9-34(10-8-32)27-29-5-3-25(31-27)33-11-13-37-14-12-33/h3-6,15-18H,7-14H2,1-2H3. The van der Waals surface area contributed by atoms with Gasteiger partial charge in [0.25, 0.3) is 0 Å². The number of fused-ring (bicyclic) bond motifs is 1. The summed E-state index contributed by atoms with van der Waals surface area (Å²) in [4.78, 5) is 21.2. The number of rotatable bonds is 5. The largest absolute Gasteiger partial charge is 0.495 e. The predicted octanol–water partition coefficient (Wildman–Crippen LogP) is 3.92. The van der Waals surface area contributed by atoms with Crippen molar-refractivity contribution < 1.29 is 9.47 Å². The zero-order valence-electron chi connectivity index (χ0n) is 21.1. The normalized spacial score (nSPS) is 16.5. The number of morpholine rings is 1. The van der Waals surface area contributed by atoms with Gasteiger partial charge >= 0.3 is 0 Å². The molecule has 4 aromatic rings. The summed E-state index contributed by atoms with van der Waals surface area (Å²) in [6.07, 6.45) is 5.98. The van der Waals surface area contributed by atoms with Gasteiger partial charge in [0.1, 0.15) is 17.2 Å². The Hall–Kier alpha value is -3.56. The van der Waals surface area contributed by atoms with Crippen molar-refractivity contribution in [2.45, 2.75) is 6.92 Å². The molecule has 0 unspecified atom stereocenters. The first-order chi connectivity index (χ1) is 18.1. The minimum atomic E-state index is 0.582. The topological polar surface area (TPSA) is 71.3 Å². The Labute approximate surface area is 221 Å². The van der Waals surface area contributed by atoms with E-state index in [4.69, 9.17) is 31.0 Å². The van der Waals surface area contributed by atoms with Gasteiger partial charge in [-0.3, -0.25) is 0 Å². The summed E-state index contributed by atoms with van der Waals surface area (Å²) in [7, 11) is 1.63. The Bertz CT molecular complexity index is 1410. The van der Waals surface area contributed by atoms with Crippen LogP contribution in [0.3, 0.4) is 0 Å². The van der Waals surface area contributed by atoms with Crippen molar-refractivity contribution in [3.05, 3.63) is 59.5 Å². The number of hydrogen-bond acceptors (Lipinski definition) is 8. The summed E-state index contributed by atoms with van der Waals surface area (Å²) in [5.41, 5.74) is 5.03. The molecule has 0 saturated carbocycles. The molecule has 9 nitrogen and oxygen atoms in total. The quantitative estimate of drug-likeness (QED) is 0.393. The highest BCUT2D eigenvalue weighted by Gasteiger charge is 2.21. The molecule has 0 radical (unpaired) electrons. The van der Waals surface area contributed by atoms with Gasteiger partial charge in [0.2, 0.25) is 5.95 Å². The van der Waals surface area contributed by atoms with Gasteiger partial charge in [0.05, 0.1) is 31.0 Å². The summed E-state index contributed by atoms with van der Waals surface area (Å²) in [6, 6.07) is 10.2. The molecule has 1 aromatic carbocycles. The van der Waals surface area contributed by atoms with E-state index in [1.807, 2.05) is 37.5 Å². The lowest BCUT2D eigenvalue weighted by molar-refractivity contribution is 0.122. The zero-order valence-corrected chi connectivity index (χ0v) is 21.9. The number of aryl methyl sites for hydroxylation is 1. The van der Waals surface area contributed by atoms with E-state index < -0.39 is 0 Å². The van der Waals surface area contributed by atoms with Crippen LogP contribution in [0.1, 0.15) is 5.56 Å². The molecule has 0 aliphatic carbocycles. The zero-order chi connectivity index (χ0) is 25.4. The molecule has 0 atom stereocenters. The molecule has 0 spiro atoms. The fourth-order valence-electron chi connectivity index (χ4n) is 5.01. The number of aromatic nitrogens is 4. The van der Waals surface area contributed by atoms with Crippen LogP contribution in [0.2, 0.25) is 5.02 Å². The van der Waals surface area contributed by atoms with Crippen molar-refractivity contribution in [3.63, 3.8) is 0 Å². The lowest BCUT2D eigenvalue weighted by Crippen LogP contribution is -2.47. The molecular formula is C27H30ClN7O2. The van der Waals surface area contributed by atoms with Gasteiger partial charge in [-0.2, -0.15) is 4.98 Å². The number of methoxy groups -OCH3 is 1. The van der Waals surface area contributed by atoms with Gasteiger partial charge in [-0.25, -0.2) is 9.97 Å². The van der Waals surface area contributed by atoms with Crippen molar-refractivity contribution in [1.82, 2.24) is 19.4 Å². The highest BCUT2D eigenvalue weighted by atomic mass is 35.5. The number of imidazole rings is 1. The highest BCUT2D eigenvalue weighted by molar-refractivity contribution is 6.32. The molecule has 37 heavy (non-hydrogen) atoms. The third-order valence-corrected chi connectivity index (χ3v) is 7.40. The van der Waals surface area contributed by atoms with Crippen LogP contribution in [0.5, 0.6) is 5.75 Å². The van der Waals surface area contributed by atoms with E-state index in [1.165, 1.54) is 0 Å². The number of benzene rings is 1. The maximum atomic E-state index is 6.39. The summed E-state index contributed by atoms with van der Waals surface area (Å²) >= 11 is 6.39. The number of halogens is 1. The molecule has 2 saturated heterocycles. The van der Waals surface area contributed by atoms with Gasteiger partial charge in [-0.05, 0) is 36.8 Å². The second-order valence-electron chi connectivity index (χ2n) is 9.37. The molecule has 10 heteroatoms. The first kappa shape index (κ1) is 23.8. The number of ether oxygens (including phenoxy) is 2. The lowest BCUT2D eigenvalue weighted by atomic mass is 10.1. The van der Waals surface area contributed by atoms with Crippen molar-refractivity contribution in [2.75, 3.05) is 74.3 Å². The van der Waals surface area contributed by atoms with Crippen LogP contribution in [0, 0.1) is 6.92 Å². The molecule has 0 bridgehead atoms. The Kier molecular flexibility index (Phi) is 6.48. The van der Waals surface area contributed by atoms with Gasteiger partial charge < -0.3 is 28.6 Å². The van der Waals surface area contributed by atoms with Gasteiger partial charge in [-0.1, -0.05) is 11.6 Å². The Balaban J connectivity index is 1.16. The van der Waals surface area contributed by atoms with E-state index in [9.17, 15) is 0 Å². The number of anilines is 3. The van der Waals surface area contributed by atoms with Crippen LogP contribution in [0.4, 0.5) is 17.5 Å². The molecule has 2 aliphatic heterocycles. The molecule has 6 rings (SSSR count). The Morgan fingerprint density at radius 1 is 0.919 bits per heavy atom. The van der Waals surface area contributed by atoms with E-state index in [0.29, 0.717) is 10.8 Å². The van der Waals surface area contributed by atoms with E-state index in [2.05, 4.69) is 42.4 Å². The molecule has 5 heterocycles. The second-order valence-corrected chi connectivity index (χ2v) is 9.77. The van der Waals surface area contributed by atoms with E-state index in [-0.39, 0.29) is 0 Å². The van der Waals surface area contributed by atoms with Crippen molar-refractivity contribution in [1.29, 1.82) is 0 Å². The fourth-order valence-corrected chi connectivity index (χ4v) is 5.25. The SMILES string of the molecule is COc1cc(C)c(-c2cn3ccc(N4CCN(c5nccc(N6CCOCC6)n5)CC4)cc3n2)cc1Cl. The van der Waals surface area contributed by atoms with Crippen molar-refractivity contribution in [2.24, 2.45) is 0 Å². The number of nitrogens with zero attached hydrogens (tertiary/aromatic N) is 7. The fraction of sp³-hybridized carbons (Fsp3) is 0.370. The first-order valence-electron chi connectivity index (χ1n) is 12.6. The number of pyridine rings is 1. The van der Waals surface area contributed by atoms with Crippen LogP contribution in [0.25, 0.3) is 16.9 Å². The molecule has 192 valence electrons. The average molecular weight is 520 g/mol. The predicted molar refractivity (Wildman–Crippen MR) is 146 cm³/mol. The summed E-state index contributed by atoms with van der Waals surface area (Å²) in [6.45, 7) is 8.78. The van der Waals surface area contributed by atoms with Crippen molar-refractivity contribution >= 4 is 34.7 Å². The minimum absolute atomic E-state index is 0.582. The molecular weight excluding hydrogens is 490 g/mol. The first-order valence-corrected chi connectivity index (χ1v) is 13.0. The maximum Gasteiger partial charge on any atom is 0.227 e. The molecule has 0 N–H and O–H groups in total. The molecule has 0 amide bonds. The highest BCUT2D eigenvalue weighted by Crippen LogP contribution is 2.33. The summed E-state index contributed by atoms with van der Waals surface area (Å²) < 4.78 is 12.9. The molecule has 3 aromatic heterocycles. The van der Waals surface area contributed by atoms with Crippen LogP contribution < -0.4 is 19.4 Å². The van der Waals surface area contributed by atoms with E-state index in [0.717, 1.165) is 92.4 Å². The average Bonchev–Trinajstić information content (AvgIpc) is 3.38. The third kappa shape index (κ3) is 4.76.